The minimum atomic E-state index is 0.0571. The van der Waals surface area contributed by atoms with Crippen molar-refractivity contribution in [2.45, 2.75) is 50.5 Å². The molecule has 1 saturated carbocycles. The van der Waals surface area contributed by atoms with Crippen LogP contribution < -0.4 is 0 Å². The Bertz CT molecular complexity index is 730. The van der Waals surface area contributed by atoms with Crippen molar-refractivity contribution in [3.05, 3.63) is 47.5 Å². The highest BCUT2D eigenvalue weighted by Gasteiger charge is 2.43. The SMILES string of the molecule is COCC1(c2nc(CC3CCN(C)CC3)nn2Cc2ccccc2)CCC1. The van der Waals surface area contributed by atoms with Gasteiger partial charge in [0.05, 0.1) is 18.6 Å². The smallest absolute Gasteiger partial charge is 0.151 e. The zero-order valence-corrected chi connectivity index (χ0v) is 16.7. The molecule has 1 aromatic heterocycles. The molecule has 1 aliphatic heterocycles. The number of hydrogen-bond donors (Lipinski definition) is 0. The van der Waals surface area contributed by atoms with Gasteiger partial charge >= 0.3 is 0 Å². The zero-order valence-electron chi connectivity index (χ0n) is 16.7. The minimum Gasteiger partial charge on any atom is -0.384 e. The van der Waals surface area contributed by atoms with E-state index in [1.165, 1.54) is 37.9 Å². The van der Waals surface area contributed by atoms with Gasteiger partial charge in [-0.2, -0.15) is 5.10 Å². The number of piperidine rings is 1. The first-order valence-electron chi connectivity index (χ1n) is 10.3. The van der Waals surface area contributed by atoms with E-state index in [2.05, 4.69) is 47.0 Å². The van der Waals surface area contributed by atoms with Crippen LogP contribution in [0.1, 0.15) is 49.3 Å². The number of rotatable bonds is 7. The van der Waals surface area contributed by atoms with Crippen LogP contribution in [0.15, 0.2) is 30.3 Å². The Labute approximate surface area is 162 Å². The van der Waals surface area contributed by atoms with Gasteiger partial charge in [0, 0.05) is 13.5 Å². The average molecular weight is 369 g/mol. The lowest BCUT2D eigenvalue weighted by Crippen LogP contribution is -2.41. The molecular formula is C22H32N4O. The summed E-state index contributed by atoms with van der Waals surface area (Å²) in [5, 5.41) is 4.99. The van der Waals surface area contributed by atoms with E-state index in [9.17, 15) is 0 Å². The number of benzene rings is 1. The van der Waals surface area contributed by atoms with Crippen LogP contribution >= 0.6 is 0 Å². The van der Waals surface area contributed by atoms with E-state index in [-0.39, 0.29) is 5.41 Å². The third-order valence-corrected chi connectivity index (χ3v) is 6.41. The molecule has 4 rings (SSSR count). The van der Waals surface area contributed by atoms with Gasteiger partial charge in [-0.1, -0.05) is 36.8 Å². The Morgan fingerprint density at radius 1 is 1.15 bits per heavy atom. The van der Waals surface area contributed by atoms with Crippen LogP contribution in [0.25, 0.3) is 0 Å². The monoisotopic (exact) mass is 368 g/mol. The maximum absolute atomic E-state index is 5.59. The summed E-state index contributed by atoms with van der Waals surface area (Å²) in [4.78, 5) is 7.51. The van der Waals surface area contributed by atoms with Crippen molar-refractivity contribution in [3.63, 3.8) is 0 Å². The highest BCUT2D eigenvalue weighted by molar-refractivity contribution is 5.19. The third-order valence-electron chi connectivity index (χ3n) is 6.41. The molecule has 1 saturated heterocycles. The molecular weight excluding hydrogens is 336 g/mol. The van der Waals surface area contributed by atoms with Gasteiger partial charge in [0.1, 0.15) is 5.82 Å². The molecule has 2 heterocycles. The van der Waals surface area contributed by atoms with E-state index in [0.29, 0.717) is 5.92 Å². The number of likely N-dealkylation sites (tertiary alicyclic amines) is 1. The van der Waals surface area contributed by atoms with Crippen LogP contribution in [-0.2, 0) is 23.1 Å². The van der Waals surface area contributed by atoms with Crippen molar-refractivity contribution in [3.8, 4) is 0 Å². The first kappa shape index (κ1) is 18.6. The number of hydrogen-bond acceptors (Lipinski definition) is 4. The van der Waals surface area contributed by atoms with Crippen LogP contribution in [0, 0.1) is 5.92 Å². The largest absolute Gasteiger partial charge is 0.384 e. The predicted molar refractivity (Wildman–Crippen MR) is 107 cm³/mol. The lowest BCUT2D eigenvalue weighted by atomic mass is 9.68. The fraction of sp³-hybridized carbons (Fsp3) is 0.636. The van der Waals surface area contributed by atoms with Crippen LogP contribution in [0.5, 0.6) is 0 Å². The number of aromatic nitrogens is 3. The summed E-state index contributed by atoms with van der Waals surface area (Å²) >= 11 is 0. The number of nitrogens with zero attached hydrogens (tertiary/aromatic N) is 4. The van der Waals surface area contributed by atoms with Gasteiger partial charge in [0.15, 0.2) is 5.82 Å². The van der Waals surface area contributed by atoms with Crippen LogP contribution in [0.3, 0.4) is 0 Å². The molecule has 1 aliphatic carbocycles. The normalized spacial score (nSPS) is 20.5. The quantitative estimate of drug-likeness (QED) is 0.752. The van der Waals surface area contributed by atoms with E-state index >= 15 is 0 Å². The first-order valence-corrected chi connectivity index (χ1v) is 10.3. The summed E-state index contributed by atoms with van der Waals surface area (Å²) in [5.41, 5.74) is 1.34. The van der Waals surface area contributed by atoms with Gasteiger partial charge < -0.3 is 9.64 Å². The maximum Gasteiger partial charge on any atom is 0.151 e. The van der Waals surface area contributed by atoms with Crippen molar-refractivity contribution in [1.82, 2.24) is 19.7 Å². The van der Waals surface area contributed by atoms with Gasteiger partial charge in [0.25, 0.3) is 0 Å². The highest BCUT2D eigenvalue weighted by atomic mass is 16.5. The Balaban J connectivity index is 1.58. The Kier molecular flexibility index (Phi) is 5.60. The molecule has 2 fully saturated rings. The van der Waals surface area contributed by atoms with Crippen LogP contribution in [0.2, 0.25) is 0 Å². The van der Waals surface area contributed by atoms with Crippen molar-refractivity contribution in [2.75, 3.05) is 33.9 Å². The molecule has 0 bridgehead atoms. The summed E-state index contributed by atoms with van der Waals surface area (Å²) in [5.74, 6) is 2.88. The molecule has 0 amide bonds. The molecule has 0 atom stereocenters. The molecule has 0 N–H and O–H groups in total. The fourth-order valence-corrected chi connectivity index (χ4v) is 4.57. The number of ether oxygens (including phenoxy) is 1. The van der Waals surface area contributed by atoms with Crippen molar-refractivity contribution in [1.29, 1.82) is 0 Å². The van der Waals surface area contributed by atoms with E-state index < -0.39 is 0 Å². The molecule has 1 aromatic carbocycles. The topological polar surface area (TPSA) is 43.2 Å². The summed E-state index contributed by atoms with van der Waals surface area (Å²) in [6.45, 7) is 3.92. The maximum atomic E-state index is 5.59. The Morgan fingerprint density at radius 3 is 2.52 bits per heavy atom. The molecule has 146 valence electrons. The standard InChI is InChI=1S/C22H32N4O/c1-25-13-9-18(10-14-25)15-20-23-21(22(17-27-2)11-6-12-22)26(24-20)16-19-7-4-3-5-8-19/h3-5,7-8,18H,6,9-17H2,1-2H3. The highest BCUT2D eigenvalue weighted by Crippen LogP contribution is 2.43. The Hall–Kier alpha value is -1.72. The second-order valence-corrected chi connectivity index (χ2v) is 8.51. The molecule has 5 heteroatoms. The van der Waals surface area contributed by atoms with Gasteiger partial charge in [-0.15, -0.1) is 0 Å². The van der Waals surface area contributed by atoms with Gasteiger partial charge in [-0.3, -0.25) is 0 Å². The molecule has 0 spiro atoms. The first-order chi connectivity index (χ1) is 13.2. The van der Waals surface area contributed by atoms with Crippen LogP contribution in [0.4, 0.5) is 0 Å². The van der Waals surface area contributed by atoms with Crippen molar-refractivity contribution >= 4 is 0 Å². The third kappa shape index (κ3) is 4.09. The molecule has 5 nitrogen and oxygen atoms in total. The van der Waals surface area contributed by atoms with E-state index in [1.54, 1.807) is 7.11 Å². The molecule has 0 unspecified atom stereocenters. The second kappa shape index (κ2) is 8.11. The molecule has 0 radical (unpaired) electrons. The predicted octanol–water partition coefficient (Wildman–Crippen LogP) is 3.28. The lowest BCUT2D eigenvalue weighted by Gasteiger charge is -2.40. The summed E-state index contributed by atoms with van der Waals surface area (Å²) in [6, 6.07) is 10.6. The van der Waals surface area contributed by atoms with E-state index in [0.717, 1.165) is 44.1 Å². The van der Waals surface area contributed by atoms with E-state index in [4.69, 9.17) is 14.8 Å². The van der Waals surface area contributed by atoms with Crippen molar-refractivity contribution < 1.29 is 4.74 Å². The average Bonchev–Trinajstić information content (AvgIpc) is 3.03. The summed E-state index contributed by atoms with van der Waals surface area (Å²) < 4.78 is 7.76. The lowest BCUT2D eigenvalue weighted by molar-refractivity contribution is 0.0701. The van der Waals surface area contributed by atoms with Gasteiger partial charge in [0.2, 0.25) is 0 Å². The number of methoxy groups -OCH3 is 1. The second-order valence-electron chi connectivity index (χ2n) is 8.51. The Morgan fingerprint density at radius 2 is 1.89 bits per heavy atom. The molecule has 2 aliphatic rings. The van der Waals surface area contributed by atoms with Gasteiger partial charge in [-0.05, 0) is 57.3 Å². The summed E-state index contributed by atoms with van der Waals surface area (Å²) in [6.07, 6.45) is 7.08. The van der Waals surface area contributed by atoms with Crippen LogP contribution in [-0.4, -0.2) is 53.5 Å². The van der Waals surface area contributed by atoms with Crippen molar-refractivity contribution in [2.24, 2.45) is 5.92 Å². The zero-order chi connectivity index (χ0) is 18.7. The minimum absolute atomic E-state index is 0.0571. The molecule has 27 heavy (non-hydrogen) atoms. The van der Waals surface area contributed by atoms with E-state index in [1.807, 2.05) is 0 Å². The fourth-order valence-electron chi connectivity index (χ4n) is 4.57. The molecule has 2 aromatic rings. The summed E-state index contributed by atoms with van der Waals surface area (Å²) in [7, 11) is 4.02. The van der Waals surface area contributed by atoms with Gasteiger partial charge in [-0.25, -0.2) is 9.67 Å².